The van der Waals surface area contributed by atoms with Crippen molar-refractivity contribution in [2.75, 3.05) is 5.75 Å². The van der Waals surface area contributed by atoms with Crippen LogP contribution in [0.1, 0.15) is 10.4 Å². The van der Waals surface area contributed by atoms with E-state index in [0.29, 0.717) is 5.56 Å². The summed E-state index contributed by atoms with van der Waals surface area (Å²) in [7, 11) is 0. The summed E-state index contributed by atoms with van der Waals surface area (Å²) in [4.78, 5) is 16.0. The number of Topliss-reactive ketones (excluding diaryl/α,β-unsaturated/α-hetero) is 1. The number of ketones is 1. The lowest BCUT2D eigenvalue weighted by Gasteiger charge is -2.05. The Morgan fingerprint density at radius 3 is 2.55 bits per heavy atom. The summed E-state index contributed by atoms with van der Waals surface area (Å²) in [6.07, 6.45) is 1.66. The van der Waals surface area contributed by atoms with Gasteiger partial charge in [0.1, 0.15) is 5.75 Å². The molecule has 0 radical (unpaired) electrons. The number of hydrogen-bond acceptors (Lipinski definition) is 4. The lowest BCUT2D eigenvalue weighted by atomic mass is 10.1. The molecule has 2 rings (SSSR count). The van der Waals surface area contributed by atoms with Gasteiger partial charge >= 0.3 is 6.61 Å². The molecule has 6 heteroatoms. The number of benzene rings is 1. The molecule has 0 N–H and O–H groups in total. The Balaban J connectivity index is 1.92. The van der Waals surface area contributed by atoms with Crippen LogP contribution >= 0.6 is 11.8 Å². The lowest BCUT2D eigenvalue weighted by molar-refractivity contribution is -0.0498. The molecule has 20 heavy (non-hydrogen) atoms. The van der Waals surface area contributed by atoms with Crippen molar-refractivity contribution in [3.05, 3.63) is 54.2 Å². The topological polar surface area (TPSA) is 39.2 Å². The number of nitrogens with zero attached hydrogens (tertiary/aromatic N) is 1. The standard InChI is InChI=1S/C14H11F2NO2S/c15-14(16)19-11-6-4-10(5-7-11)12(18)9-20-13-3-1-2-8-17-13/h1-8,14H,9H2. The Morgan fingerprint density at radius 1 is 1.20 bits per heavy atom. The smallest absolute Gasteiger partial charge is 0.387 e. The average Bonchev–Trinajstić information content (AvgIpc) is 2.46. The molecule has 0 saturated carbocycles. The number of halogens is 2. The Labute approximate surface area is 119 Å². The molecule has 1 heterocycles. The first kappa shape index (κ1) is 14.5. The van der Waals surface area contributed by atoms with Crippen molar-refractivity contribution >= 4 is 17.5 Å². The fraction of sp³-hybridized carbons (Fsp3) is 0.143. The predicted octanol–water partition coefficient (Wildman–Crippen LogP) is 3.66. The monoisotopic (exact) mass is 295 g/mol. The fourth-order valence-corrected chi connectivity index (χ4v) is 2.23. The third-order valence-corrected chi connectivity index (χ3v) is 3.33. The van der Waals surface area contributed by atoms with Gasteiger partial charge in [-0.15, -0.1) is 0 Å². The number of hydrogen-bond donors (Lipinski definition) is 0. The van der Waals surface area contributed by atoms with Gasteiger partial charge in [0.25, 0.3) is 0 Å². The molecule has 1 aromatic heterocycles. The average molecular weight is 295 g/mol. The molecule has 0 aliphatic rings. The van der Waals surface area contributed by atoms with Crippen LogP contribution in [0.25, 0.3) is 0 Å². The predicted molar refractivity (Wildman–Crippen MR) is 72.4 cm³/mol. The number of thioether (sulfide) groups is 1. The molecule has 104 valence electrons. The Morgan fingerprint density at radius 2 is 1.95 bits per heavy atom. The second-order valence-corrected chi connectivity index (χ2v) is 4.78. The van der Waals surface area contributed by atoms with Gasteiger partial charge in [-0.1, -0.05) is 17.8 Å². The van der Waals surface area contributed by atoms with Gasteiger partial charge in [0, 0.05) is 11.8 Å². The van der Waals surface area contributed by atoms with E-state index in [1.165, 1.54) is 36.0 Å². The van der Waals surface area contributed by atoms with E-state index in [-0.39, 0.29) is 17.3 Å². The van der Waals surface area contributed by atoms with Crippen molar-refractivity contribution in [1.82, 2.24) is 4.98 Å². The summed E-state index contributed by atoms with van der Waals surface area (Å²) in [6.45, 7) is -2.86. The van der Waals surface area contributed by atoms with E-state index >= 15 is 0 Å². The molecule has 1 aromatic carbocycles. The molecule has 0 fully saturated rings. The minimum absolute atomic E-state index is 0.0360. The minimum atomic E-state index is -2.86. The summed E-state index contributed by atoms with van der Waals surface area (Å²) >= 11 is 1.33. The van der Waals surface area contributed by atoms with Crippen molar-refractivity contribution < 1.29 is 18.3 Å². The second-order valence-electron chi connectivity index (χ2n) is 3.78. The summed E-state index contributed by atoms with van der Waals surface area (Å²) < 4.78 is 28.2. The van der Waals surface area contributed by atoms with Gasteiger partial charge in [0.2, 0.25) is 0 Å². The van der Waals surface area contributed by atoms with Crippen molar-refractivity contribution in [3.63, 3.8) is 0 Å². The number of carbonyl (C=O) groups is 1. The summed E-state index contributed by atoms with van der Waals surface area (Å²) in [5.74, 6) is 0.185. The van der Waals surface area contributed by atoms with Crippen molar-refractivity contribution in [3.8, 4) is 5.75 Å². The molecule has 0 amide bonds. The Hall–Kier alpha value is -1.95. The third kappa shape index (κ3) is 4.31. The van der Waals surface area contributed by atoms with Gasteiger partial charge in [-0.2, -0.15) is 8.78 Å². The molecule has 2 aromatic rings. The minimum Gasteiger partial charge on any atom is -0.435 e. The van der Waals surface area contributed by atoms with E-state index in [9.17, 15) is 13.6 Å². The van der Waals surface area contributed by atoms with Gasteiger partial charge in [-0.25, -0.2) is 4.98 Å². The first-order valence-corrected chi connectivity index (χ1v) is 6.75. The number of carbonyl (C=O) groups excluding carboxylic acids is 1. The van der Waals surface area contributed by atoms with Crippen molar-refractivity contribution in [2.24, 2.45) is 0 Å². The molecule has 3 nitrogen and oxygen atoms in total. The van der Waals surface area contributed by atoms with Gasteiger partial charge < -0.3 is 4.74 Å². The lowest BCUT2D eigenvalue weighted by Crippen LogP contribution is -2.04. The van der Waals surface area contributed by atoms with Gasteiger partial charge in [-0.05, 0) is 36.4 Å². The molecular weight excluding hydrogens is 284 g/mol. The summed E-state index contributed by atoms with van der Waals surface area (Å²) in [5.41, 5.74) is 0.454. The highest BCUT2D eigenvalue weighted by Gasteiger charge is 2.09. The van der Waals surface area contributed by atoms with Crippen LogP contribution in [0.2, 0.25) is 0 Å². The van der Waals surface area contributed by atoms with Crippen LogP contribution in [0, 0.1) is 0 Å². The van der Waals surface area contributed by atoms with Crippen molar-refractivity contribution in [1.29, 1.82) is 0 Å². The molecule has 0 spiro atoms. The number of ether oxygens (including phenoxy) is 1. The SMILES string of the molecule is O=C(CSc1ccccn1)c1ccc(OC(F)F)cc1. The molecule has 0 atom stereocenters. The van der Waals surface area contributed by atoms with E-state index in [2.05, 4.69) is 9.72 Å². The highest BCUT2D eigenvalue weighted by Crippen LogP contribution is 2.19. The molecule has 0 saturated heterocycles. The maximum absolute atomic E-state index is 12.0. The molecule has 0 bridgehead atoms. The number of alkyl halides is 2. The van der Waals surface area contributed by atoms with Crippen molar-refractivity contribution in [2.45, 2.75) is 11.6 Å². The molecule has 0 unspecified atom stereocenters. The quantitative estimate of drug-likeness (QED) is 0.602. The van der Waals surface area contributed by atoms with Crippen LogP contribution in [0.15, 0.2) is 53.7 Å². The molecule has 0 aliphatic carbocycles. The highest BCUT2D eigenvalue weighted by atomic mass is 32.2. The van der Waals surface area contributed by atoms with Crippen LogP contribution < -0.4 is 4.74 Å². The van der Waals surface area contributed by atoms with Crippen LogP contribution in [-0.4, -0.2) is 23.1 Å². The Kier molecular flexibility index (Phi) is 5.06. The second kappa shape index (κ2) is 7.00. The zero-order chi connectivity index (χ0) is 14.4. The summed E-state index contributed by atoms with van der Waals surface area (Å²) in [5, 5.41) is 0.763. The van der Waals surface area contributed by atoms with E-state index in [4.69, 9.17) is 0 Å². The number of pyridine rings is 1. The van der Waals surface area contributed by atoms with Crippen LogP contribution in [0.5, 0.6) is 5.75 Å². The molecular formula is C14H11F2NO2S. The van der Waals surface area contributed by atoms with Gasteiger partial charge in [-0.3, -0.25) is 4.79 Å². The van der Waals surface area contributed by atoms with Crippen LogP contribution in [0.3, 0.4) is 0 Å². The zero-order valence-corrected chi connectivity index (χ0v) is 11.1. The highest BCUT2D eigenvalue weighted by molar-refractivity contribution is 7.99. The maximum atomic E-state index is 12.0. The van der Waals surface area contributed by atoms with Crippen LogP contribution in [0.4, 0.5) is 8.78 Å². The number of rotatable bonds is 6. The first-order valence-electron chi connectivity index (χ1n) is 5.77. The maximum Gasteiger partial charge on any atom is 0.387 e. The van der Waals surface area contributed by atoms with Crippen LogP contribution in [-0.2, 0) is 0 Å². The number of aromatic nitrogens is 1. The normalized spacial score (nSPS) is 10.6. The zero-order valence-electron chi connectivity index (χ0n) is 10.3. The van der Waals surface area contributed by atoms with E-state index in [0.717, 1.165) is 5.03 Å². The first-order chi connectivity index (χ1) is 9.65. The summed E-state index contributed by atoms with van der Waals surface area (Å²) in [6, 6.07) is 11.1. The van der Waals surface area contributed by atoms with E-state index in [1.54, 1.807) is 12.3 Å². The fourth-order valence-electron chi connectivity index (χ4n) is 1.48. The van der Waals surface area contributed by atoms with E-state index < -0.39 is 6.61 Å². The third-order valence-electron chi connectivity index (χ3n) is 2.39. The van der Waals surface area contributed by atoms with Gasteiger partial charge in [0.05, 0.1) is 10.8 Å². The van der Waals surface area contributed by atoms with Gasteiger partial charge in [0.15, 0.2) is 5.78 Å². The van der Waals surface area contributed by atoms with E-state index in [1.807, 2.05) is 12.1 Å². The Bertz CT molecular complexity index is 561. The largest absolute Gasteiger partial charge is 0.435 e. The molecule has 0 aliphatic heterocycles.